The molecule has 4 rings (SSSR count). The Morgan fingerprint density at radius 3 is 2.53 bits per heavy atom. The van der Waals surface area contributed by atoms with Gasteiger partial charge in [0.05, 0.1) is 12.6 Å². The van der Waals surface area contributed by atoms with Gasteiger partial charge in [-0.05, 0) is 67.4 Å². The van der Waals surface area contributed by atoms with Gasteiger partial charge in [0.25, 0.3) is 5.91 Å². The van der Waals surface area contributed by atoms with Gasteiger partial charge < -0.3 is 25.0 Å². The van der Waals surface area contributed by atoms with Crippen molar-refractivity contribution >= 4 is 28.9 Å². The molecule has 0 radical (unpaired) electrons. The zero-order chi connectivity index (χ0) is 23.8. The van der Waals surface area contributed by atoms with Gasteiger partial charge in [0.2, 0.25) is 5.91 Å². The van der Waals surface area contributed by atoms with Crippen molar-refractivity contribution in [2.75, 3.05) is 42.3 Å². The summed E-state index contributed by atoms with van der Waals surface area (Å²) in [6.07, 6.45) is 2.28. The van der Waals surface area contributed by atoms with E-state index in [4.69, 9.17) is 9.47 Å². The van der Waals surface area contributed by atoms with E-state index in [9.17, 15) is 9.59 Å². The lowest BCUT2D eigenvalue weighted by molar-refractivity contribution is -0.114. The second kappa shape index (κ2) is 11.3. The minimum Gasteiger partial charge on any atom is -0.491 e. The first-order chi connectivity index (χ1) is 16.6. The van der Waals surface area contributed by atoms with E-state index < -0.39 is 0 Å². The van der Waals surface area contributed by atoms with Crippen molar-refractivity contribution in [1.82, 2.24) is 0 Å². The van der Waals surface area contributed by atoms with Crippen LogP contribution in [0, 0.1) is 0 Å². The minimum absolute atomic E-state index is 0.0729. The summed E-state index contributed by atoms with van der Waals surface area (Å²) in [5.41, 5.74) is 2.73. The first kappa shape index (κ1) is 23.3. The number of nitrogens with zero attached hydrogens (tertiary/aromatic N) is 1. The third-order valence-electron chi connectivity index (χ3n) is 5.61. The van der Waals surface area contributed by atoms with E-state index in [1.54, 1.807) is 42.3 Å². The van der Waals surface area contributed by atoms with Crippen LogP contribution < -0.4 is 20.3 Å². The van der Waals surface area contributed by atoms with Gasteiger partial charge in [-0.15, -0.1) is 0 Å². The minimum atomic E-state index is -0.189. The second-order valence-electron chi connectivity index (χ2n) is 8.15. The van der Waals surface area contributed by atoms with Gasteiger partial charge in [0.15, 0.2) is 0 Å². The Labute approximate surface area is 199 Å². The van der Waals surface area contributed by atoms with Crippen molar-refractivity contribution in [3.63, 3.8) is 0 Å². The first-order valence-corrected chi connectivity index (χ1v) is 11.4. The molecular formula is C27H29N3O4. The Kier molecular flexibility index (Phi) is 7.78. The van der Waals surface area contributed by atoms with E-state index in [0.717, 1.165) is 30.9 Å². The maximum atomic E-state index is 12.8. The van der Waals surface area contributed by atoms with Crippen LogP contribution in [0.25, 0.3) is 0 Å². The lowest BCUT2D eigenvalue weighted by Gasteiger charge is -2.18. The summed E-state index contributed by atoms with van der Waals surface area (Å²) < 4.78 is 11.3. The fraction of sp³-hybridized carbons (Fsp3) is 0.259. The van der Waals surface area contributed by atoms with Gasteiger partial charge >= 0.3 is 0 Å². The Hall–Kier alpha value is -3.84. The smallest absolute Gasteiger partial charge is 0.258 e. The monoisotopic (exact) mass is 459 g/mol. The van der Waals surface area contributed by atoms with Crippen LogP contribution in [0.1, 0.15) is 23.2 Å². The van der Waals surface area contributed by atoms with Gasteiger partial charge in [-0.1, -0.05) is 24.3 Å². The van der Waals surface area contributed by atoms with Crippen molar-refractivity contribution in [3.05, 3.63) is 84.4 Å². The van der Waals surface area contributed by atoms with Crippen LogP contribution in [-0.2, 0) is 9.53 Å². The van der Waals surface area contributed by atoms with Crippen LogP contribution in [-0.4, -0.2) is 44.7 Å². The number of hydrogen-bond acceptors (Lipinski definition) is 5. The highest BCUT2D eigenvalue weighted by atomic mass is 16.5. The molecule has 0 saturated carbocycles. The zero-order valence-electron chi connectivity index (χ0n) is 19.2. The Morgan fingerprint density at radius 2 is 1.79 bits per heavy atom. The molecule has 1 fully saturated rings. The molecule has 0 spiro atoms. The summed E-state index contributed by atoms with van der Waals surface area (Å²) in [7, 11) is 1.74. The van der Waals surface area contributed by atoms with Crippen LogP contribution in [0.2, 0.25) is 0 Å². The van der Waals surface area contributed by atoms with Crippen molar-refractivity contribution in [3.8, 4) is 5.75 Å². The second-order valence-corrected chi connectivity index (χ2v) is 8.15. The number of ether oxygens (including phenoxy) is 2. The van der Waals surface area contributed by atoms with Crippen LogP contribution in [0.3, 0.4) is 0 Å². The topological polar surface area (TPSA) is 79.9 Å². The predicted octanol–water partition coefficient (Wildman–Crippen LogP) is 4.57. The third kappa shape index (κ3) is 6.36. The molecule has 0 aliphatic carbocycles. The molecule has 1 aliphatic heterocycles. The van der Waals surface area contributed by atoms with E-state index in [0.29, 0.717) is 23.5 Å². The van der Waals surface area contributed by atoms with E-state index >= 15 is 0 Å². The van der Waals surface area contributed by atoms with Crippen LogP contribution in [0.4, 0.5) is 17.1 Å². The van der Waals surface area contributed by atoms with E-state index in [-0.39, 0.29) is 24.5 Å². The van der Waals surface area contributed by atoms with Gasteiger partial charge in [-0.3, -0.25) is 9.59 Å². The third-order valence-corrected chi connectivity index (χ3v) is 5.61. The van der Waals surface area contributed by atoms with E-state index in [1.807, 2.05) is 48.5 Å². The first-order valence-electron chi connectivity index (χ1n) is 11.4. The highest BCUT2D eigenvalue weighted by molar-refractivity contribution is 6.06. The average Bonchev–Trinajstić information content (AvgIpc) is 3.41. The van der Waals surface area contributed by atoms with E-state index in [2.05, 4.69) is 10.6 Å². The summed E-state index contributed by atoms with van der Waals surface area (Å²) in [6.45, 7) is 1.42. The van der Waals surface area contributed by atoms with Gasteiger partial charge in [-0.25, -0.2) is 0 Å². The molecule has 0 aromatic heterocycles. The summed E-state index contributed by atoms with van der Waals surface area (Å²) in [5, 5.41) is 5.94. The van der Waals surface area contributed by atoms with Crippen LogP contribution in [0.15, 0.2) is 78.9 Å². The Morgan fingerprint density at radius 1 is 1.00 bits per heavy atom. The number of hydrogen-bond donors (Lipinski definition) is 2. The fourth-order valence-electron chi connectivity index (χ4n) is 3.71. The molecule has 2 N–H and O–H groups in total. The molecule has 1 unspecified atom stereocenters. The molecule has 1 atom stereocenters. The van der Waals surface area contributed by atoms with Crippen LogP contribution >= 0.6 is 0 Å². The lowest BCUT2D eigenvalue weighted by Crippen LogP contribution is -2.26. The van der Waals surface area contributed by atoms with Crippen molar-refractivity contribution in [1.29, 1.82) is 0 Å². The number of para-hydroxylation sites is 1. The quantitative estimate of drug-likeness (QED) is 0.490. The number of carbonyl (C=O) groups is 2. The molecule has 0 bridgehead atoms. The molecule has 34 heavy (non-hydrogen) atoms. The molecule has 1 saturated heterocycles. The summed E-state index contributed by atoms with van der Waals surface area (Å²) in [5.74, 6) is 0.431. The van der Waals surface area contributed by atoms with Gasteiger partial charge in [0.1, 0.15) is 12.4 Å². The van der Waals surface area contributed by atoms with Gasteiger partial charge in [0, 0.05) is 36.3 Å². The summed E-state index contributed by atoms with van der Waals surface area (Å²) >= 11 is 0. The molecule has 2 amide bonds. The molecule has 176 valence electrons. The molecule has 1 heterocycles. The fourth-order valence-corrected chi connectivity index (χ4v) is 3.71. The number of rotatable bonds is 9. The molecular weight excluding hydrogens is 430 g/mol. The van der Waals surface area contributed by atoms with E-state index in [1.165, 1.54) is 0 Å². The Bertz CT molecular complexity index is 1100. The molecule has 3 aromatic rings. The Balaban J connectivity index is 1.26. The number of amides is 2. The highest BCUT2D eigenvalue weighted by Gasteiger charge is 2.16. The lowest BCUT2D eigenvalue weighted by atomic mass is 10.1. The maximum Gasteiger partial charge on any atom is 0.258 e. The van der Waals surface area contributed by atoms with Crippen molar-refractivity contribution < 1.29 is 19.1 Å². The number of benzene rings is 3. The number of nitrogens with one attached hydrogen (secondary N) is 2. The highest BCUT2D eigenvalue weighted by Crippen LogP contribution is 2.19. The molecule has 1 aliphatic rings. The number of carbonyl (C=O) groups excluding carboxylic acids is 2. The predicted molar refractivity (Wildman–Crippen MR) is 134 cm³/mol. The van der Waals surface area contributed by atoms with Gasteiger partial charge in [-0.2, -0.15) is 0 Å². The summed E-state index contributed by atoms with van der Waals surface area (Å²) in [6, 6.07) is 23.9. The number of anilines is 3. The molecule has 3 aromatic carbocycles. The van der Waals surface area contributed by atoms with Crippen molar-refractivity contribution in [2.24, 2.45) is 0 Å². The molecule has 7 heteroatoms. The standard InChI is InChI=1S/C27H29N3O4/c1-30(23-9-3-2-4-10-23)27(32)20-7-5-8-22(17-20)28-18-26(31)29-21-12-14-24(15-13-21)34-19-25-11-6-16-33-25/h2-5,7-10,12-15,17,25,28H,6,11,16,18-19H2,1H3,(H,29,31). The summed E-state index contributed by atoms with van der Waals surface area (Å²) in [4.78, 5) is 26.8. The maximum absolute atomic E-state index is 12.8. The van der Waals surface area contributed by atoms with Crippen LogP contribution in [0.5, 0.6) is 5.75 Å². The SMILES string of the molecule is CN(C(=O)c1cccc(NCC(=O)Nc2ccc(OCC3CCCO3)cc2)c1)c1ccccc1. The normalized spacial score (nSPS) is 14.9. The zero-order valence-corrected chi connectivity index (χ0v) is 19.2. The largest absolute Gasteiger partial charge is 0.491 e. The van der Waals surface area contributed by atoms with Crippen molar-refractivity contribution in [2.45, 2.75) is 18.9 Å². The molecule has 7 nitrogen and oxygen atoms in total. The average molecular weight is 460 g/mol.